The van der Waals surface area contributed by atoms with Crippen LogP contribution >= 0.6 is 11.6 Å². The maximum atomic E-state index is 12.4. The first-order valence-corrected chi connectivity index (χ1v) is 9.80. The minimum Gasteiger partial charge on any atom is -0.455 e. The molecule has 0 unspecified atom stereocenters. The van der Waals surface area contributed by atoms with Crippen LogP contribution in [0.25, 0.3) is 0 Å². The monoisotopic (exact) mass is 414 g/mol. The highest BCUT2D eigenvalue weighted by atomic mass is 35.5. The van der Waals surface area contributed by atoms with E-state index in [1.807, 2.05) is 50.2 Å². The van der Waals surface area contributed by atoms with Gasteiger partial charge in [-0.3, -0.25) is 14.4 Å². The minimum absolute atomic E-state index is 0.0847. The van der Waals surface area contributed by atoms with E-state index in [4.69, 9.17) is 16.3 Å². The number of benzene rings is 2. The number of carbonyl (C=O) groups excluding carboxylic acids is 3. The number of carbonyl (C=O) groups is 3. The molecule has 0 radical (unpaired) electrons. The lowest BCUT2D eigenvalue weighted by Crippen LogP contribution is -2.30. The molecule has 29 heavy (non-hydrogen) atoms. The van der Waals surface area contributed by atoms with Crippen LogP contribution in [-0.4, -0.2) is 35.8 Å². The molecule has 0 saturated carbocycles. The number of hydrogen-bond donors (Lipinski definition) is 1. The van der Waals surface area contributed by atoms with E-state index < -0.39 is 24.4 Å². The SMILES string of the molecule is Cc1ccc(NC(=O)COC(=O)[C@H]2CC(=O)N([C@@H](C)c3ccccc3)C2)c(Cl)c1. The second-order valence-corrected chi connectivity index (χ2v) is 7.58. The third kappa shape index (κ3) is 5.15. The Labute approximate surface area is 174 Å². The van der Waals surface area contributed by atoms with Crippen LogP contribution in [-0.2, 0) is 19.1 Å². The first-order valence-electron chi connectivity index (χ1n) is 9.42. The zero-order chi connectivity index (χ0) is 21.0. The van der Waals surface area contributed by atoms with Gasteiger partial charge in [-0.15, -0.1) is 0 Å². The standard InChI is InChI=1S/C22H23ClN2O4/c1-14-8-9-19(18(23)10-14)24-20(26)13-29-22(28)17-11-21(27)25(12-17)15(2)16-6-4-3-5-7-16/h3-10,15,17H,11-13H2,1-2H3,(H,24,26)/t15-,17-/m0/s1. The highest BCUT2D eigenvalue weighted by molar-refractivity contribution is 6.33. The third-order valence-electron chi connectivity index (χ3n) is 4.99. The molecule has 0 aromatic heterocycles. The Balaban J connectivity index is 1.52. The van der Waals surface area contributed by atoms with Crippen molar-refractivity contribution in [1.29, 1.82) is 0 Å². The molecule has 2 aromatic carbocycles. The lowest BCUT2D eigenvalue weighted by atomic mass is 10.1. The van der Waals surface area contributed by atoms with Crippen LogP contribution in [0.5, 0.6) is 0 Å². The van der Waals surface area contributed by atoms with Gasteiger partial charge in [0.25, 0.3) is 5.91 Å². The Bertz CT molecular complexity index is 916. The van der Waals surface area contributed by atoms with Gasteiger partial charge in [0, 0.05) is 13.0 Å². The fraction of sp³-hybridized carbons (Fsp3) is 0.318. The number of anilines is 1. The molecule has 1 aliphatic rings. The maximum absolute atomic E-state index is 12.4. The fourth-order valence-corrected chi connectivity index (χ4v) is 3.62. The quantitative estimate of drug-likeness (QED) is 0.730. The van der Waals surface area contributed by atoms with Gasteiger partial charge in [-0.2, -0.15) is 0 Å². The summed E-state index contributed by atoms with van der Waals surface area (Å²) in [5, 5.41) is 3.03. The molecule has 152 valence electrons. The molecule has 0 bridgehead atoms. The summed E-state index contributed by atoms with van der Waals surface area (Å²) in [6.45, 7) is 3.67. The number of nitrogens with one attached hydrogen (secondary N) is 1. The molecule has 1 N–H and O–H groups in total. The number of amides is 2. The Morgan fingerprint density at radius 2 is 1.97 bits per heavy atom. The van der Waals surface area contributed by atoms with Crippen molar-refractivity contribution in [3.8, 4) is 0 Å². The zero-order valence-corrected chi connectivity index (χ0v) is 17.1. The number of nitrogens with zero attached hydrogens (tertiary/aromatic N) is 1. The third-order valence-corrected chi connectivity index (χ3v) is 5.30. The molecule has 7 heteroatoms. The summed E-state index contributed by atoms with van der Waals surface area (Å²) in [6.07, 6.45) is 0.0847. The molecule has 0 spiro atoms. The average Bonchev–Trinajstić information content (AvgIpc) is 3.10. The second-order valence-electron chi connectivity index (χ2n) is 7.17. The van der Waals surface area contributed by atoms with Gasteiger partial charge in [0.05, 0.1) is 22.7 Å². The Morgan fingerprint density at radius 1 is 1.24 bits per heavy atom. The van der Waals surface area contributed by atoms with Gasteiger partial charge >= 0.3 is 5.97 Å². The number of esters is 1. The summed E-state index contributed by atoms with van der Waals surface area (Å²) in [5.41, 5.74) is 2.43. The van der Waals surface area contributed by atoms with Gasteiger partial charge in [-0.25, -0.2) is 0 Å². The predicted octanol–water partition coefficient (Wildman–Crippen LogP) is 3.74. The fourth-order valence-electron chi connectivity index (χ4n) is 3.34. The normalized spacial score (nSPS) is 17.1. The van der Waals surface area contributed by atoms with E-state index in [1.54, 1.807) is 17.0 Å². The van der Waals surface area contributed by atoms with E-state index in [1.165, 1.54) is 0 Å². The summed E-state index contributed by atoms with van der Waals surface area (Å²) >= 11 is 6.09. The second kappa shape index (κ2) is 9.09. The van der Waals surface area contributed by atoms with E-state index in [2.05, 4.69) is 5.32 Å². The smallest absolute Gasteiger partial charge is 0.311 e. The van der Waals surface area contributed by atoms with Crippen LogP contribution in [0.4, 0.5) is 5.69 Å². The van der Waals surface area contributed by atoms with Gasteiger partial charge in [0.2, 0.25) is 5.91 Å². The van der Waals surface area contributed by atoms with Crippen molar-refractivity contribution < 1.29 is 19.1 Å². The Kier molecular flexibility index (Phi) is 6.54. The van der Waals surface area contributed by atoms with Crippen LogP contribution in [0.2, 0.25) is 5.02 Å². The Hall–Kier alpha value is -2.86. The summed E-state index contributed by atoms with van der Waals surface area (Å²) in [5.74, 6) is -1.71. The van der Waals surface area contributed by atoms with E-state index in [0.29, 0.717) is 10.7 Å². The summed E-state index contributed by atoms with van der Waals surface area (Å²) in [4.78, 5) is 38.5. The lowest BCUT2D eigenvalue weighted by Gasteiger charge is -2.25. The molecular formula is C22H23ClN2O4. The van der Waals surface area contributed by atoms with Gasteiger partial charge in [-0.05, 0) is 37.1 Å². The van der Waals surface area contributed by atoms with E-state index >= 15 is 0 Å². The number of aryl methyl sites for hydroxylation is 1. The molecular weight excluding hydrogens is 392 g/mol. The summed E-state index contributed by atoms with van der Waals surface area (Å²) in [7, 11) is 0. The van der Waals surface area contributed by atoms with Crippen molar-refractivity contribution in [3.05, 3.63) is 64.7 Å². The highest BCUT2D eigenvalue weighted by Gasteiger charge is 2.38. The largest absolute Gasteiger partial charge is 0.455 e. The van der Waals surface area contributed by atoms with Crippen molar-refractivity contribution in [3.63, 3.8) is 0 Å². The molecule has 3 rings (SSSR count). The molecule has 1 heterocycles. The number of likely N-dealkylation sites (tertiary alicyclic amines) is 1. The van der Waals surface area contributed by atoms with Crippen LogP contribution in [0.1, 0.15) is 30.5 Å². The lowest BCUT2D eigenvalue weighted by molar-refractivity contribution is -0.151. The number of rotatable bonds is 6. The van der Waals surface area contributed by atoms with Crippen LogP contribution in [0.3, 0.4) is 0 Å². The van der Waals surface area contributed by atoms with E-state index in [-0.39, 0.29) is 24.9 Å². The van der Waals surface area contributed by atoms with E-state index in [0.717, 1.165) is 11.1 Å². The van der Waals surface area contributed by atoms with Crippen molar-refractivity contribution in [2.24, 2.45) is 5.92 Å². The van der Waals surface area contributed by atoms with Crippen molar-refractivity contribution in [1.82, 2.24) is 4.90 Å². The maximum Gasteiger partial charge on any atom is 0.311 e. The molecule has 1 fully saturated rings. The van der Waals surface area contributed by atoms with Crippen LogP contribution < -0.4 is 5.32 Å². The highest BCUT2D eigenvalue weighted by Crippen LogP contribution is 2.29. The minimum atomic E-state index is -0.579. The molecule has 1 saturated heterocycles. The zero-order valence-electron chi connectivity index (χ0n) is 16.4. The van der Waals surface area contributed by atoms with Gasteiger partial charge in [-0.1, -0.05) is 48.0 Å². The van der Waals surface area contributed by atoms with Gasteiger partial charge < -0.3 is 15.0 Å². The number of halogens is 1. The number of hydrogen-bond acceptors (Lipinski definition) is 4. The molecule has 2 atom stereocenters. The summed E-state index contributed by atoms with van der Waals surface area (Å²) in [6, 6.07) is 14.7. The van der Waals surface area contributed by atoms with Crippen molar-refractivity contribution in [2.75, 3.05) is 18.5 Å². The van der Waals surface area contributed by atoms with Crippen molar-refractivity contribution in [2.45, 2.75) is 26.3 Å². The van der Waals surface area contributed by atoms with Gasteiger partial charge in [0.1, 0.15) is 0 Å². The Morgan fingerprint density at radius 3 is 2.66 bits per heavy atom. The van der Waals surface area contributed by atoms with E-state index in [9.17, 15) is 14.4 Å². The first kappa shape index (κ1) is 20.9. The average molecular weight is 415 g/mol. The van der Waals surface area contributed by atoms with Crippen molar-refractivity contribution >= 4 is 35.1 Å². The van der Waals surface area contributed by atoms with Crippen LogP contribution in [0.15, 0.2) is 48.5 Å². The number of ether oxygens (including phenoxy) is 1. The topological polar surface area (TPSA) is 75.7 Å². The molecule has 2 amide bonds. The predicted molar refractivity (Wildman–Crippen MR) is 110 cm³/mol. The molecule has 2 aromatic rings. The molecule has 0 aliphatic carbocycles. The summed E-state index contributed by atoms with van der Waals surface area (Å²) < 4.78 is 5.13. The first-order chi connectivity index (χ1) is 13.8. The van der Waals surface area contributed by atoms with Gasteiger partial charge in [0.15, 0.2) is 6.61 Å². The molecule has 6 nitrogen and oxygen atoms in total. The molecule has 1 aliphatic heterocycles. The van der Waals surface area contributed by atoms with Crippen LogP contribution in [0, 0.1) is 12.8 Å².